The van der Waals surface area contributed by atoms with Crippen LogP contribution in [0.2, 0.25) is 0 Å². The van der Waals surface area contributed by atoms with Gasteiger partial charge in [-0.05, 0) is 36.6 Å². The molecule has 3 rings (SSSR count). The van der Waals surface area contributed by atoms with Gasteiger partial charge >= 0.3 is 0 Å². The summed E-state index contributed by atoms with van der Waals surface area (Å²) in [6.45, 7) is 1.66. The van der Waals surface area contributed by atoms with Gasteiger partial charge in [0, 0.05) is 50.2 Å². The number of rotatable bonds is 6. The molecule has 0 atom stereocenters. The molecule has 0 unspecified atom stereocenters. The third-order valence-corrected chi connectivity index (χ3v) is 4.02. The molecule has 1 aromatic heterocycles. The first-order valence-corrected chi connectivity index (χ1v) is 7.30. The van der Waals surface area contributed by atoms with Crippen LogP contribution in [0.5, 0.6) is 0 Å². The van der Waals surface area contributed by atoms with Crippen molar-refractivity contribution in [3.63, 3.8) is 0 Å². The molecule has 1 aromatic carbocycles. The van der Waals surface area contributed by atoms with Crippen LogP contribution in [-0.2, 0) is 20.0 Å². The Balaban J connectivity index is 1.70. The van der Waals surface area contributed by atoms with Crippen LogP contribution in [0.25, 0.3) is 0 Å². The molecule has 4 nitrogen and oxygen atoms in total. The van der Waals surface area contributed by atoms with E-state index < -0.39 is 0 Å². The molecule has 0 amide bonds. The maximum Gasteiger partial charge on any atom is 0.0492 e. The van der Waals surface area contributed by atoms with Crippen molar-refractivity contribution in [2.24, 2.45) is 12.8 Å². The molecule has 1 heterocycles. The fourth-order valence-electron chi connectivity index (χ4n) is 2.61. The topological polar surface area (TPSA) is 47.1 Å². The third kappa shape index (κ3) is 2.85. The van der Waals surface area contributed by atoms with Crippen LogP contribution in [0.3, 0.4) is 0 Å². The van der Waals surface area contributed by atoms with Gasteiger partial charge in [-0.1, -0.05) is 12.1 Å². The molecule has 1 aliphatic carbocycles. The molecule has 2 N–H and O–H groups in total. The van der Waals surface area contributed by atoms with Crippen LogP contribution in [0.4, 0.5) is 5.69 Å². The molecule has 20 heavy (non-hydrogen) atoms. The van der Waals surface area contributed by atoms with Crippen LogP contribution < -0.4 is 10.6 Å². The summed E-state index contributed by atoms with van der Waals surface area (Å²) >= 11 is 0. The number of hydrogen-bond acceptors (Lipinski definition) is 3. The Kier molecular flexibility index (Phi) is 3.74. The molecule has 0 saturated heterocycles. The van der Waals surface area contributed by atoms with Gasteiger partial charge in [0.1, 0.15) is 0 Å². The van der Waals surface area contributed by atoms with E-state index in [4.69, 9.17) is 5.73 Å². The smallest absolute Gasteiger partial charge is 0.0492 e. The lowest BCUT2D eigenvalue weighted by atomic mass is 10.2. The van der Waals surface area contributed by atoms with Crippen molar-refractivity contribution < 1.29 is 0 Å². The molecule has 1 aliphatic rings. The van der Waals surface area contributed by atoms with E-state index in [0.29, 0.717) is 12.6 Å². The molecular formula is C16H22N4. The molecule has 1 saturated carbocycles. The fourth-order valence-corrected chi connectivity index (χ4v) is 2.61. The minimum atomic E-state index is 0.610. The molecule has 0 spiro atoms. The number of nitrogens with two attached hydrogens (primary N) is 1. The van der Waals surface area contributed by atoms with Gasteiger partial charge in [-0.15, -0.1) is 0 Å². The normalized spacial score (nSPS) is 14.5. The summed E-state index contributed by atoms with van der Waals surface area (Å²) in [5.74, 6) is 0. The molecule has 0 aliphatic heterocycles. The molecule has 106 valence electrons. The summed E-state index contributed by atoms with van der Waals surface area (Å²) < 4.78 is 1.96. The SMILES string of the molecule is Cn1nccc1CCN(c1ccc(CN)cc1)C1CC1. The summed E-state index contributed by atoms with van der Waals surface area (Å²) in [7, 11) is 2.01. The zero-order valence-corrected chi connectivity index (χ0v) is 12.0. The van der Waals surface area contributed by atoms with Crippen molar-refractivity contribution in [1.82, 2.24) is 9.78 Å². The summed E-state index contributed by atoms with van der Waals surface area (Å²) in [6, 6.07) is 11.5. The molecule has 0 bridgehead atoms. The highest BCUT2D eigenvalue weighted by Gasteiger charge is 2.29. The average molecular weight is 270 g/mol. The number of aromatic nitrogens is 2. The number of anilines is 1. The van der Waals surface area contributed by atoms with Gasteiger partial charge in [-0.3, -0.25) is 4.68 Å². The number of benzene rings is 1. The summed E-state index contributed by atoms with van der Waals surface area (Å²) in [5, 5.41) is 4.23. The molecule has 1 fully saturated rings. The van der Waals surface area contributed by atoms with Gasteiger partial charge in [0.25, 0.3) is 0 Å². The van der Waals surface area contributed by atoms with Gasteiger partial charge in [0.2, 0.25) is 0 Å². The second-order valence-electron chi connectivity index (χ2n) is 5.49. The molecular weight excluding hydrogens is 248 g/mol. The van der Waals surface area contributed by atoms with Crippen LogP contribution in [0, 0.1) is 0 Å². The highest BCUT2D eigenvalue weighted by Crippen LogP contribution is 2.31. The highest BCUT2D eigenvalue weighted by molar-refractivity contribution is 5.49. The lowest BCUT2D eigenvalue weighted by Gasteiger charge is -2.25. The van der Waals surface area contributed by atoms with E-state index in [9.17, 15) is 0 Å². The minimum absolute atomic E-state index is 0.610. The maximum atomic E-state index is 5.66. The number of aryl methyl sites for hydroxylation is 1. The van der Waals surface area contributed by atoms with E-state index in [1.54, 1.807) is 0 Å². The Morgan fingerprint density at radius 2 is 2.00 bits per heavy atom. The highest BCUT2D eigenvalue weighted by atomic mass is 15.3. The zero-order chi connectivity index (χ0) is 13.9. The Hall–Kier alpha value is -1.81. The van der Waals surface area contributed by atoms with Gasteiger partial charge in [-0.2, -0.15) is 5.10 Å². The first kappa shape index (κ1) is 13.2. The molecule has 0 radical (unpaired) electrons. The predicted octanol–water partition coefficient (Wildman–Crippen LogP) is 2.09. The summed E-state index contributed by atoms with van der Waals surface area (Å²) in [6.07, 6.45) is 5.52. The lowest BCUT2D eigenvalue weighted by molar-refractivity contribution is 0.684. The average Bonchev–Trinajstić information content (AvgIpc) is 3.23. The quantitative estimate of drug-likeness (QED) is 0.874. The predicted molar refractivity (Wildman–Crippen MR) is 81.6 cm³/mol. The van der Waals surface area contributed by atoms with Crippen molar-refractivity contribution in [3.8, 4) is 0 Å². The van der Waals surface area contributed by atoms with Crippen molar-refractivity contribution in [2.45, 2.75) is 31.8 Å². The number of nitrogens with zero attached hydrogens (tertiary/aromatic N) is 3. The van der Waals surface area contributed by atoms with Crippen molar-refractivity contribution in [3.05, 3.63) is 47.8 Å². The van der Waals surface area contributed by atoms with Crippen molar-refractivity contribution >= 4 is 5.69 Å². The standard InChI is InChI=1S/C16H22N4/c1-19-14(8-10-18-19)9-11-20(16-6-7-16)15-4-2-13(12-17)3-5-15/h2-5,8,10,16H,6-7,9,11-12,17H2,1H3. The fraction of sp³-hybridized carbons (Fsp3) is 0.438. The van der Waals surface area contributed by atoms with E-state index in [1.165, 1.54) is 29.8 Å². The van der Waals surface area contributed by atoms with Gasteiger partial charge in [-0.25, -0.2) is 0 Å². The first-order chi connectivity index (χ1) is 9.78. The lowest BCUT2D eigenvalue weighted by Crippen LogP contribution is -2.28. The van der Waals surface area contributed by atoms with Crippen LogP contribution in [0.1, 0.15) is 24.1 Å². The van der Waals surface area contributed by atoms with Crippen molar-refractivity contribution in [1.29, 1.82) is 0 Å². The second-order valence-corrected chi connectivity index (χ2v) is 5.49. The first-order valence-electron chi connectivity index (χ1n) is 7.30. The Morgan fingerprint density at radius 1 is 1.25 bits per heavy atom. The molecule has 2 aromatic rings. The number of hydrogen-bond donors (Lipinski definition) is 1. The van der Waals surface area contributed by atoms with E-state index in [2.05, 4.69) is 40.3 Å². The van der Waals surface area contributed by atoms with E-state index >= 15 is 0 Å². The zero-order valence-electron chi connectivity index (χ0n) is 12.0. The second kappa shape index (κ2) is 5.67. The monoisotopic (exact) mass is 270 g/mol. The van der Waals surface area contributed by atoms with Gasteiger partial charge < -0.3 is 10.6 Å². The van der Waals surface area contributed by atoms with Crippen LogP contribution in [-0.4, -0.2) is 22.4 Å². The Morgan fingerprint density at radius 3 is 2.55 bits per heavy atom. The van der Waals surface area contributed by atoms with E-state index in [0.717, 1.165) is 13.0 Å². The Bertz CT molecular complexity index is 554. The summed E-state index contributed by atoms with van der Waals surface area (Å²) in [4.78, 5) is 2.52. The van der Waals surface area contributed by atoms with Gasteiger partial charge in [0.05, 0.1) is 0 Å². The van der Waals surface area contributed by atoms with E-state index in [1.807, 2.05) is 17.9 Å². The van der Waals surface area contributed by atoms with Crippen LogP contribution >= 0.6 is 0 Å². The van der Waals surface area contributed by atoms with Crippen molar-refractivity contribution in [2.75, 3.05) is 11.4 Å². The van der Waals surface area contributed by atoms with Gasteiger partial charge in [0.15, 0.2) is 0 Å². The Labute approximate surface area is 120 Å². The van der Waals surface area contributed by atoms with E-state index in [-0.39, 0.29) is 0 Å². The van der Waals surface area contributed by atoms with Crippen LogP contribution in [0.15, 0.2) is 36.5 Å². The minimum Gasteiger partial charge on any atom is -0.368 e. The largest absolute Gasteiger partial charge is 0.368 e. The summed E-state index contributed by atoms with van der Waals surface area (Å²) in [5.41, 5.74) is 9.45. The molecule has 4 heteroatoms. The third-order valence-electron chi connectivity index (χ3n) is 4.02. The maximum absolute atomic E-state index is 5.66.